The van der Waals surface area contributed by atoms with Crippen molar-refractivity contribution in [3.8, 4) is 0 Å². The Morgan fingerprint density at radius 2 is 1.81 bits per heavy atom. The molecule has 0 fully saturated rings. The molecule has 0 aliphatic heterocycles. The molecule has 0 aliphatic carbocycles. The summed E-state index contributed by atoms with van der Waals surface area (Å²) >= 11 is 0. The predicted molar refractivity (Wildman–Crippen MR) is 80.3 cm³/mol. The van der Waals surface area contributed by atoms with Crippen molar-refractivity contribution in [3.05, 3.63) is 48.4 Å². The summed E-state index contributed by atoms with van der Waals surface area (Å²) in [4.78, 5) is 25.3. The lowest BCUT2D eigenvalue weighted by molar-refractivity contribution is -0.116. The van der Waals surface area contributed by atoms with Gasteiger partial charge in [-0.05, 0) is 44.4 Å². The van der Waals surface area contributed by atoms with Crippen molar-refractivity contribution < 1.29 is 14.0 Å². The molecule has 0 saturated heterocycles. The summed E-state index contributed by atoms with van der Waals surface area (Å²) in [7, 11) is 3.64. The van der Waals surface area contributed by atoms with Gasteiger partial charge in [0.15, 0.2) is 5.76 Å². The van der Waals surface area contributed by atoms with Crippen LogP contribution >= 0.6 is 0 Å². The number of rotatable bonds is 5. The third-order valence-electron chi connectivity index (χ3n) is 2.61. The molecule has 2 amide bonds. The minimum absolute atomic E-state index is 0.116. The van der Waals surface area contributed by atoms with Crippen LogP contribution < -0.4 is 10.6 Å². The second-order valence-electron chi connectivity index (χ2n) is 4.80. The third kappa shape index (κ3) is 4.47. The number of amides is 2. The molecule has 0 atom stereocenters. The van der Waals surface area contributed by atoms with Crippen LogP contribution in [0.5, 0.6) is 0 Å². The first-order valence-corrected chi connectivity index (χ1v) is 6.44. The highest BCUT2D eigenvalue weighted by Gasteiger charge is 2.09. The summed E-state index contributed by atoms with van der Waals surface area (Å²) in [6.45, 7) is 0.295. The number of likely N-dealkylation sites (N-methyl/N-ethyl adjacent to an activating group) is 1. The normalized spacial score (nSPS) is 10.4. The molecule has 6 nitrogen and oxygen atoms in total. The zero-order valence-electron chi connectivity index (χ0n) is 11.9. The van der Waals surface area contributed by atoms with Gasteiger partial charge in [0, 0.05) is 11.4 Å². The van der Waals surface area contributed by atoms with Gasteiger partial charge in [0.05, 0.1) is 12.8 Å². The van der Waals surface area contributed by atoms with E-state index in [-0.39, 0.29) is 17.6 Å². The quantitative estimate of drug-likeness (QED) is 0.882. The van der Waals surface area contributed by atoms with Crippen molar-refractivity contribution in [3.63, 3.8) is 0 Å². The zero-order chi connectivity index (χ0) is 15.2. The Morgan fingerprint density at radius 1 is 1.10 bits per heavy atom. The van der Waals surface area contributed by atoms with Gasteiger partial charge >= 0.3 is 0 Å². The Morgan fingerprint density at radius 3 is 2.43 bits per heavy atom. The molecule has 2 aromatic rings. The molecule has 2 rings (SSSR count). The first-order valence-electron chi connectivity index (χ1n) is 6.44. The number of nitrogens with one attached hydrogen (secondary N) is 2. The molecule has 0 radical (unpaired) electrons. The molecule has 0 bridgehead atoms. The lowest BCUT2D eigenvalue weighted by Gasteiger charge is -2.11. The van der Waals surface area contributed by atoms with Crippen LogP contribution in [-0.2, 0) is 4.79 Å². The number of benzene rings is 1. The Labute approximate surface area is 122 Å². The summed E-state index contributed by atoms with van der Waals surface area (Å²) in [6.07, 6.45) is 1.44. The maximum absolute atomic E-state index is 11.9. The van der Waals surface area contributed by atoms with E-state index >= 15 is 0 Å². The molecule has 1 heterocycles. The van der Waals surface area contributed by atoms with Crippen LogP contribution in [-0.4, -0.2) is 37.4 Å². The van der Waals surface area contributed by atoms with Crippen molar-refractivity contribution in [1.29, 1.82) is 0 Å². The minimum atomic E-state index is -0.336. The second kappa shape index (κ2) is 6.71. The molecule has 1 aromatic heterocycles. The largest absolute Gasteiger partial charge is 0.459 e. The van der Waals surface area contributed by atoms with Crippen molar-refractivity contribution in [2.45, 2.75) is 0 Å². The fourth-order valence-corrected chi connectivity index (χ4v) is 1.76. The number of hydrogen-bond donors (Lipinski definition) is 2. The van der Waals surface area contributed by atoms with Crippen molar-refractivity contribution in [1.82, 2.24) is 4.90 Å². The summed E-state index contributed by atoms with van der Waals surface area (Å²) in [6, 6.07) is 10.2. The molecule has 0 saturated carbocycles. The minimum Gasteiger partial charge on any atom is -0.459 e. The number of anilines is 2. The molecule has 110 valence electrons. The number of carbonyl (C=O) groups excluding carboxylic acids is 2. The molecular weight excluding hydrogens is 270 g/mol. The van der Waals surface area contributed by atoms with Gasteiger partial charge in [0.1, 0.15) is 0 Å². The van der Waals surface area contributed by atoms with Gasteiger partial charge < -0.3 is 20.0 Å². The van der Waals surface area contributed by atoms with E-state index in [1.54, 1.807) is 41.3 Å². The van der Waals surface area contributed by atoms with E-state index < -0.39 is 0 Å². The van der Waals surface area contributed by atoms with Crippen molar-refractivity contribution >= 4 is 23.2 Å². The van der Waals surface area contributed by atoms with E-state index in [1.165, 1.54) is 6.26 Å². The van der Waals surface area contributed by atoms with Crippen molar-refractivity contribution in [2.75, 3.05) is 31.3 Å². The average molecular weight is 287 g/mol. The van der Waals surface area contributed by atoms with E-state index in [0.29, 0.717) is 17.9 Å². The van der Waals surface area contributed by atoms with Crippen LogP contribution in [0.1, 0.15) is 10.6 Å². The highest BCUT2D eigenvalue weighted by atomic mass is 16.3. The van der Waals surface area contributed by atoms with Crippen LogP contribution in [0, 0.1) is 0 Å². The van der Waals surface area contributed by atoms with Crippen LogP contribution in [0.15, 0.2) is 47.1 Å². The highest BCUT2D eigenvalue weighted by molar-refractivity contribution is 6.02. The van der Waals surface area contributed by atoms with E-state index in [4.69, 9.17) is 4.42 Å². The molecule has 0 unspecified atom stereocenters. The maximum Gasteiger partial charge on any atom is 0.291 e. The highest BCUT2D eigenvalue weighted by Crippen LogP contribution is 2.16. The standard InChI is InChI=1S/C15H17N3O3/c1-18(2)10-14(19)16-11-5-3-6-12(9-11)17-15(20)13-7-4-8-21-13/h3-9H,10H2,1-2H3,(H,16,19)(H,17,20). The predicted octanol–water partition coefficient (Wildman–Crippen LogP) is 2.03. The summed E-state index contributed by atoms with van der Waals surface area (Å²) in [5.41, 5.74) is 1.21. The molecule has 2 N–H and O–H groups in total. The topological polar surface area (TPSA) is 74.6 Å². The van der Waals surface area contributed by atoms with Gasteiger partial charge in [-0.3, -0.25) is 9.59 Å². The first-order chi connectivity index (χ1) is 10.0. The van der Waals surface area contributed by atoms with Gasteiger partial charge in [0.2, 0.25) is 5.91 Å². The number of nitrogens with zero attached hydrogens (tertiary/aromatic N) is 1. The molecule has 6 heteroatoms. The first kappa shape index (κ1) is 14.8. The van der Waals surface area contributed by atoms with Gasteiger partial charge in [-0.25, -0.2) is 0 Å². The Bertz CT molecular complexity index is 621. The van der Waals surface area contributed by atoms with Crippen molar-refractivity contribution in [2.24, 2.45) is 0 Å². The Hall–Kier alpha value is -2.60. The lowest BCUT2D eigenvalue weighted by atomic mass is 10.2. The SMILES string of the molecule is CN(C)CC(=O)Nc1cccc(NC(=O)c2ccco2)c1. The smallest absolute Gasteiger partial charge is 0.291 e. The number of carbonyl (C=O) groups is 2. The van der Waals surface area contributed by atoms with Crippen LogP contribution in [0.25, 0.3) is 0 Å². The Balaban J connectivity index is 2.01. The fourth-order valence-electron chi connectivity index (χ4n) is 1.76. The summed E-state index contributed by atoms with van der Waals surface area (Å²) in [5, 5.41) is 5.47. The molecule has 0 aliphatic rings. The van der Waals surface area contributed by atoms with Crippen LogP contribution in [0.3, 0.4) is 0 Å². The van der Waals surface area contributed by atoms with Gasteiger partial charge in [-0.1, -0.05) is 6.07 Å². The fraction of sp³-hybridized carbons (Fsp3) is 0.200. The average Bonchev–Trinajstić information content (AvgIpc) is 2.91. The second-order valence-corrected chi connectivity index (χ2v) is 4.80. The number of hydrogen-bond acceptors (Lipinski definition) is 4. The van der Waals surface area contributed by atoms with Crippen LogP contribution in [0.2, 0.25) is 0 Å². The van der Waals surface area contributed by atoms with Gasteiger partial charge in [-0.2, -0.15) is 0 Å². The summed E-state index contributed by atoms with van der Waals surface area (Å²) in [5.74, 6) is -0.219. The van der Waals surface area contributed by atoms with E-state index in [2.05, 4.69) is 10.6 Å². The van der Waals surface area contributed by atoms with E-state index in [1.807, 2.05) is 14.1 Å². The van der Waals surface area contributed by atoms with Gasteiger partial charge in [-0.15, -0.1) is 0 Å². The maximum atomic E-state index is 11.9. The zero-order valence-corrected chi connectivity index (χ0v) is 11.9. The molecule has 1 aromatic carbocycles. The van der Waals surface area contributed by atoms with Gasteiger partial charge in [0.25, 0.3) is 5.91 Å². The number of furan rings is 1. The molecule has 21 heavy (non-hydrogen) atoms. The summed E-state index contributed by atoms with van der Waals surface area (Å²) < 4.78 is 5.02. The molecule has 0 spiro atoms. The monoisotopic (exact) mass is 287 g/mol. The van der Waals surface area contributed by atoms with E-state index in [0.717, 1.165) is 0 Å². The Kier molecular flexibility index (Phi) is 4.73. The lowest BCUT2D eigenvalue weighted by Crippen LogP contribution is -2.27. The van der Waals surface area contributed by atoms with Crippen LogP contribution in [0.4, 0.5) is 11.4 Å². The molecular formula is C15H17N3O3. The third-order valence-corrected chi connectivity index (χ3v) is 2.61. The van der Waals surface area contributed by atoms with E-state index in [9.17, 15) is 9.59 Å².